The lowest BCUT2D eigenvalue weighted by molar-refractivity contribution is 0.0697. The predicted octanol–water partition coefficient (Wildman–Crippen LogP) is 8.23. The molecule has 6 rings (SSSR count). The van der Waals surface area contributed by atoms with Crippen molar-refractivity contribution in [1.29, 1.82) is 0 Å². The number of hydrogen-bond donors (Lipinski definition) is 1. The van der Waals surface area contributed by atoms with Gasteiger partial charge in [-0.05, 0) is 91.5 Å². The molecule has 0 saturated heterocycles. The zero-order valence-electron chi connectivity index (χ0n) is 25.8. The van der Waals surface area contributed by atoms with Crippen molar-refractivity contribution >= 4 is 38.3 Å². The summed E-state index contributed by atoms with van der Waals surface area (Å²) in [6, 6.07) is 25.3. The van der Waals surface area contributed by atoms with Crippen LogP contribution >= 0.6 is 0 Å². The molecular formula is C37H32O8. The number of hydrogen-bond acceptors (Lipinski definition) is 7. The third-order valence-electron chi connectivity index (χ3n) is 8.19. The first-order chi connectivity index (χ1) is 21.9. The van der Waals surface area contributed by atoms with Crippen molar-refractivity contribution in [2.45, 2.75) is 0 Å². The topological polar surface area (TPSA) is 92.7 Å². The van der Waals surface area contributed by atoms with Crippen LogP contribution in [0.4, 0.5) is 0 Å². The van der Waals surface area contributed by atoms with Gasteiger partial charge in [-0.2, -0.15) is 0 Å². The van der Waals surface area contributed by atoms with Crippen LogP contribution in [0, 0.1) is 0 Å². The third kappa shape index (κ3) is 4.84. The van der Waals surface area contributed by atoms with E-state index in [9.17, 15) is 9.90 Å². The van der Waals surface area contributed by atoms with Gasteiger partial charge in [-0.25, -0.2) is 4.79 Å². The highest BCUT2D eigenvalue weighted by atomic mass is 16.5. The second kappa shape index (κ2) is 11.8. The highest BCUT2D eigenvalue weighted by molar-refractivity contribution is 6.24. The molecule has 228 valence electrons. The van der Waals surface area contributed by atoms with Crippen molar-refractivity contribution in [2.24, 2.45) is 0 Å². The molecule has 8 nitrogen and oxygen atoms in total. The molecule has 0 fully saturated rings. The van der Waals surface area contributed by atoms with Gasteiger partial charge in [0.2, 0.25) is 0 Å². The number of ether oxygens (including phenoxy) is 6. The Morgan fingerprint density at radius 3 is 1.38 bits per heavy atom. The molecule has 0 bridgehead atoms. The summed E-state index contributed by atoms with van der Waals surface area (Å²) in [5.74, 6) is 1.62. The van der Waals surface area contributed by atoms with Crippen molar-refractivity contribution in [3.05, 3.63) is 84.4 Å². The van der Waals surface area contributed by atoms with Crippen LogP contribution in [0.2, 0.25) is 0 Å². The van der Waals surface area contributed by atoms with E-state index in [2.05, 4.69) is 30.3 Å². The third-order valence-corrected chi connectivity index (χ3v) is 8.19. The molecule has 45 heavy (non-hydrogen) atoms. The summed E-state index contributed by atoms with van der Waals surface area (Å²) < 4.78 is 34.2. The smallest absolute Gasteiger partial charge is 0.336 e. The predicted molar refractivity (Wildman–Crippen MR) is 176 cm³/mol. The molecule has 0 saturated carbocycles. The number of carboxylic acid groups (broad SMARTS) is 1. The van der Waals surface area contributed by atoms with Crippen LogP contribution < -0.4 is 28.4 Å². The molecule has 0 heterocycles. The molecule has 0 unspecified atom stereocenters. The van der Waals surface area contributed by atoms with Gasteiger partial charge in [0.1, 0.15) is 0 Å². The maximum absolute atomic E-state index is 12.8. The van der Waals surface area contributed by atoms with Gasteiger partial charge in [0.15, 0.2) is 34.5 Å². The Bertz CT molecular complexity index is 2040. The fraction of sp³-hybridized carbons (Fsp3) is 0.162. The Hall–Kier alpha value is -5.63. The number of rotatable bonds is 9. The molecule has 0 radical (unpaired) electrons. The Labute approximate surface area is 260 Å². The molecule has 6 aromatic carbocycles. The summed E-state index contributed by atoms with van der Waals surface area (Å²) in [7, 11) is 9.31. The van der Waals surface area contributed by atoms with Gasteiger partial charge >= 0.3 is 5.97 Å². The lowest BCUT2D eigenvalue weighted by atomic mass is 9.83. The average Bonchev–Trinajstić information content (AvgIpc) is 3.08. The number of fused-ring (bicyclic) bond motifs is 3. The van der Waals surface area contributed by atoms with Crippen LogP contribution in [-0.4, -0.2) is 53.7 Å². The monoisotopic (exact) mass is 604 g/mol. The maximum atomic E-state index is 12.8. The van der Waals surface area contributed by atoms with E-state index in [-0.39, 0.29) is 5.56 Å². The molecular weight excluding hydrogens is 572 g/mol. The van der Waals surface area contributed by atoms with Gasteiger partial charge in [-0.1, -0.05) is 36.4 Å². The number of carbonyl (C=O) groups is 1. The van der Waals surface area contributed by atoms with Crippen LogP contribution in [0.5, 0.6) is 34.5 Å². The Morgan fingerprint density at radius 2 is 0.911 bits per heavy atom. The number of carboxylic acids is 1. The maximum Gasteiger partial charge on any atom is 0.336 e. The molecule has 0 spiro atoms. The van der Waals surface area contributed by atoms with Crippen molar-refractivity contribution in [1.82, 2.24) is 0 Å². The Morgan fingerprint density at radius 1 is 0.489 bits per heavy atom. The standard InChI is InChI=1S/C37H32O8/c1-40-29-14-23-25(16-31(29)42-3)36(27-18-33(44-5)34(45-6)19-28(27)37(38)39)26-17-32(43-4)30(41-2)15-24(26)35(23)22-12-11-20-9-7-8-10-21(20)13-22/h7-19H,1-6H3,(H,38,39). The number of benzene rings is 6. The van der Waals surface area contributed by atoms with Gasteiger partial charge in [-0.3, -0.25) is 0 Å². The Kier molecular flexibility index (Phi) is 7.72. The highest BCUT2D eigenvalue weighted by Crippen LogP contribution is 2.51. The van der Waals surface area contributed by atoms with Crippen LogP contribution in [0.3, 0.4) is 0 Å². The van der Waals surface area contributed by atoms with Crippen molar-refractivity contribution in [2.75, 3.05) is 42.7 Å². The average molecular weight is 605 g/mol. The summed E-state index contributed by atoms with van der Waals surface area (Å²) in [4.78, 5) is 12.8. The van der Waals surface area contributed by atoms with E-state index in [1.54, 1.807) is 34.5 Å². The molecule has 6 aromatic rings. The minimum Gasteiger partial charge on any atom is -0.493 e. The molecule has 0 amide bonds. The number of aromatic carboxylic acids is 1. The molecule has 0 aliphatic heterocycles. The molecule has 8 heteroatoms. The van der Waals surface area contributed by atoms with E-state index in [1.807, 2.05) is 36.4 Å². The van der Waals surface area contributed by atoms with Crippen LogP contribution in [-0.2, 0) is 0 Å². The molecule has 0 aromatic heterocycles. The molecule has 0 aliphatic rings. The van der Waals surface area contributed by atoms with E-state index in [0.717, 1.165) is 43.4 Å². The molecule has 0 atom stereocenters. The largest absolute Gasteiger partial charge is 0.493 e. The fourth-order valence-corrected chi connectivity index (χ4v) is 6.08. The minimum absolute atomic E-state index is 0.0401. The molecule has 1 N–H and O–H groups in total. The summed E-state index contributed by atoms with van der Waals surface area (Å²) in [6.07, 6.45) is 0. The SMILES string of the molecule is COc1cc(C(=O)O)c(-c2c3cc(OC)c(OC)cc3c(-c3ccc4ccccc4c3)c3cc(OC)c(OC)cc23)cc1OC. The van der Waals surface area contributed by atoms with E-state index in [4.69, 9.17) is 28.4 Å². The highest BCUT2D eigenvalue weighted by Gasteiger charge is 2.26. The Balaban J connectivity index is 1.90. The second-order valence-electron chi connectivity index (χ2n) is 10.4. The second-order valence-corrected chi connectivity index (χ2v) is 10.4. The van der Waals surface area contributed by atoms with Crippen molar-refractivity contribution < 1.29 is 38.3 Å². The van der Waals surface area contributed by atoms with E-state index < -0.39 is 5.97 Å². The summed E-state index contributed by atoms with van der Waals surface area (Å²) in [6.45, 7) is 0. The lowest BCUT2D eigenvalue weighted by Crippen LogP contribution is -2.04. The summed E-state index contributed by atoms with van der Waals surface area (Å²) >= 11 is 0. The van der Waals surface area contributed by atoms with E-state index >= 15 is 0 Å². The van der Waals surface area contributed by atoms with Gasteiger partial charge in [0.25, 0.3) is 0 Å². The zero-order chi connectivity index (χ0) is 31.8. The van der Waals surface area contributed by atoms with Gasteiger partial charge in [-0.15, -0.1) is 0 Å². The normalized spacial score (nSPS) is 11.1. The first-order valence-corrected chi connectivity index (χ1v) is 14.1. The van der Waals surface area contributed by atoms with Gasteiger partial charge in [0, 0.05) is 5.56 Å². The zero-order valence-corrected chi connectivity index (χ0v) is 25.8. The van der Waals surface area contributed by atoms with E-state index in [0.29, 0.717) is 45.6 Å². The van der Waals surface area contributed by atoms with Crippen LogP contribution in [0.1, 0.15) is 10.4 Å². The lowest BCUT2D eigenvalue weighted by Gasteiger charge is -2.22. The van der Waals surface area contributed by atoms with E-state index in [1.165, 1.54) is 20.3 Å². The van der Waals surface area contributed by atoms with Crippen molar-refractivity contribution in [3.63, 3.8) is 0 Å². The summed E-state index contributed by atoms with van der Waals surface area (Å²) in [5.41, 5.74) is 2.98. The van der Waals surface area contributed by atoms with Gasteiger partial charge < -0.3 is 33.5 Å². The van der Waals surface area contributed by atoms with Gasteiger partial charge in [0.05, 0.1) is 48.2 Å². The summed E-state index contributed by atoms with van der Waals surface area (Å²) in [5, 5.41) is 15.8. The fourth-order valence-electron chi connectivity index (χ4n) is 6.08. The number of methoxy groups -OCH3 is 6. The first kappa shape index (κ1) is 29.4. The molecule has 0 aliphatic carbocycles. The quantitative estimate of drug-likeness (QED) is 0.165. The van der Waals surface area contributed by atoms with Crippen LogP contribution in [0.15, 0.2) is 78.9 Å². The first-order valence-electron chi connectivity index (χ1n) is 14.1. The van der Waals surface area contributed by atoms with Crippen molar-refractivity contribution in [3.8, 4) is 56.8 Å². The minimum atomic E-state index is -1.12. The van der Waals surface area contributed by atoms with Crippen LogP contribution in [0.25, 0.3) is 54.6 Å².